The van der Waals surface area contributed by atoms with E-state index in [1.807, 2.05) is 35.2 Å². The van der Waals surface area contributed by atoms with Gasteiger partial charge in [-0.15, -0.1) is 0 Å². The van der Waals surface area contributed by atoms with E-state index in [0.717, 1.165) is 18.4 Å². The Labute approximate surface area is 198 Å². The maximum Gasteiger partial charge on any atom is 0.410 e. The summed E-state index contributed by atoms with van der Waals surface area (Å²) in [6.45, 7) is 2.22. The second-order valence-corrected chi connectivity index (χ2v) is 8.70. The van der Waals surface area contributed by atoms with Gasteiger partial charge in [0.1, 0.15) is 11.4 Å². The topological polar surface area (TPSA) is 84.9 Å². The molecule has 2 fully saturated rings. The van der Waals surface area contributed by atoms with Gasteiger partial charge in [0.2, 0.25) is 0 Å². The second kappa shape index (κ2) is 9.51. The molecular formula is C26H26N4O4. The molecule has 0 saturated carbocycles. The average Bonchev–Trinajstić information content (AvgIpc) is 3.02. The van der Waals surface area contributed by atoms with E-state index < -0.39 is 5.60 Å². The predicted octanol–water partition coefficient (Wildman–Crippen LogP) is 4.29. The van der Waals surface area contributed by atoms with Crippen molar-refractivity contribution < 1.29 is 19.1 Å². The van der Waals surface area contributed by atoms with Crippen molar-refractivity contribution in [1.29, 1.82) is 0 Å². The van der Waals surface area contributed by atoms with Gasteiger partial charge in [0.05, 0.1) is 6.54 Å². The van der Waals surface area contributed by atoms with Crippen molar-refractivity contribution in [3.8, 4) is 11.8 Å². The summed E-state index contributed by atoms with van der Waals surface area (Å²) >= 11 is 0. The lowest BCUT2D eigenvalue weighted by Gasteiger charge is -2.25. The highest BCUT2D eigenvalue weighted by Crippen LogP contribution is 2.34. The summed E-state index contributed by atoms with van der Waals surface area (Å²) in [5.74, 6) is 0.437. The molecule has 2 aliphatic heterocycles. The fraction of sp³-hybridized carbons (Fsp3) is 0.308. The molecule has 0 bridgehead atoms. The number of rotatable bonds is 5. The molecule has 34 heavy (non-hydrogen) atoms. The Kier molecular flexibility index (Phi) is 6.12. The van der Waals surface area contributed by atoms with Gasteiger partial charge in [-0.2, -0.15) is 0 Å². The summed E-state index contributed by atoms with van der Waals surface area (Å²) in [6, 6.07) is 18.9. The monoisotopic (exact) mass is 458 g/mol. The smallest absolute Gasteiger partial charge is 0.410 e. The van der Waals surface area contributed by atoms with E-state index in [0.29, 0.717) is 43.9 Å². The van der Waals surface area contributed by atoms with Crippen LogP contribution in [0.1, 0.15) is 35.2 Å². The molecule has 2 aromatic carbocycles. The number of ether oxygens (including phenoxy) is 2. The van der Waals surface area contributed by atoms with E-state index in [-0.39, 0.29) is 18.0 Å². The first kappa shape index (κ1) is 21.9. The number of carbonyl (C=O) groups is 2. The number of aromatic nitrogens is 2. The van der Waals surface area contributed by atoms with Crippen LogP contribution >= 0.6 is 0 Å². The van der Waals surface area contributed by atoms with E-state index in [1.54, 1.807) is 47.6 Å². The number of benzene rings is 2. The summed E-state index contributed by atoms with van der Waals surface area (Å²) in [7, 11) is 0. The first-order valence-corrected chi connectivity index (χ1v) is 11.5. The highest BCUT2D eigenvalue weighted by atomic mass is 16.6. The standard InChI is InChI=1S/C26H26N4O4/c31-23(21-9-4-10-22(17-21)33-24-27-13-6-14-28-24)29-15-5-11-26(12-16-29)19-30(25(32)34-26)18-20-7-2-1-3-8-20/h1-4,6-10,13-14,17H,5,11-12,15-16,18-19H2/t26-/m1/s1. The highest BCUT2D eigenvalue weighted by molar-refractivity contribution is 5.94. The largest absolute Gasteiger partial charge is 0.441 e. The fourth-order valence-corrected chi connectivity index (χ4v) is 4.57. The van der Waals surface area contributed by atoms with Gasteiger partial charge in [0, 0.05) is 44.0 Å². The Hall–Kier alpha value is -3.94. The minimum Gasteiger partial charge on any atom is -0.441 e. The van der Waals surface area contributed by atoms with Crippen LogP contribution in [-0.4, -0.2) is 57.0 Å². The van der Waals surface area contributed by atoms with Crippen LogP contribution in [0, 0.1) is 0 Å². The molecule has 1 spiro atoms. The zero-order chi connectivity index (χ0) is 23.4. The van der Waals surface area contributed by atoms with E-state index in [9.17, 15) is 9.59 Å². The molecule has 0 radical (unpaired) electrons. The van der Waals surface area contributed by atoms with Crippen molar-refractivity contribution in [1.82, 2.24) is 19.8 Å². The SMILES string of the molecule is O=C1O[C@@]2(CCCN(C(=O)c3cccc(Oc4ncccn4)c3)CC2)CN1Cc1ccccc1. The zero-order valence-corrected chi connectivity index (χ0v) is 18.8. The summed E-state index contributed by atoms with van der Waals surface area (Å²) in [4.78, 5) is 37.5. The van der Waals surface area contributed by atoms with E-state index in [4.69, 9.17) is 9.47 Å². The van der Waals surface area contributed by atoms with Crippen molar-refractivity contribution in [2.24, 2.45) is 0 Å². The lowest BCUT2D eigenvalue weighted by molar-refractivity contribution is 0.0438. The number of carbonyl (C=O) groups excluding carboxylic acids is 2. The fourth-order valence-electron chi connectivity index (χ4n) is 4.57. The van der Waals surface area contributed by atoms with Crippen LogP contribution in [0.15, 0.2) is 73.1 Å². The Bertz CT molecular complexity index is 1160. The van der Waals surface area contributed by atoms with E-state index >= 15 is 0 Å². The summed E-state index contributed by atoms with van der Waals surface area (Å²) < 4.78 is 11.6. The first-order valence-electron chi connectivity index (χ1n) is 11.5. The Morgan fingerprint density at radius 1 is 1.00 bits per heavy atom. The van der Waals surface area contributed by atoms with Crippen LogP contribution in [0.3, 0.4) is 0 Å². The maximum absolute atomic E-state index is 13.3. The maximum atomic E-state index is 13.3. The molecule has 3 aromatic rings. The van der Waals surface area contributed by atoms with Crippen molar-refractivity contribution in [3.63, 3.8) is 0 Å². The minimum atomic E-state index is -0.545. The average molecular weight is 459 g/mol. The Morgan fingerprint density at radius 3 is 2.65 bits per heavy atom. The summed E-state index contributed by atoms with van der Waals surface area (Å²) in [6.07, 6.45) is 5.04. The molecule has 2 saturated heterocycles. The van der Waals surface area contributed by atoms with Gasteiger partial charge in [0.25, 0.3) is 5.91 Å². The third-order valence-electron chi connectivity index (χ3n) is 6.27. The molecule has 5 rings (SSSR count). The molecule has 3 heterocycles. The molecule has 0 unspecified atom stereocenters. The number of hydrogen-bond acceptors (Lipinski definition) is 6. The molecule has 8 heteroatoms. The third kappa shape index (κ3) is 4.85. The van der Waals surface area contributed by atoms with Gasteiger partial charge in [-0.1, -0.05) is 36.4 Å². The summed E-state index contributed by atoms with van der Waals surface area (Å²) in [5, 5.41) is 0. The Balaban J connectivity index is 1.23. The molecule has 1 aromatic heterocycles. The van der Waals surface area contributed by atoms with Crippen LogP contribution in [-0.2, 0) is 11.3 Å². The zero-order valence-electron chi connectivity index (χ0n) is 18.8. The van der Waals surface area contributed by atoms with Gasteiger partial charge in [-0.25, -0.2) is 14.8 Å². The highest BCUT2D eigenvalue weighted by Gasteiger charge is 2.46. The molecule has 0 aliphatic carbocycles. The van der Waals surface area contributed by atoms with Crippen LogP contribution in [0.5, 0.6) is 11.8 Å². The van der Waals surface area contributed by atoms with Crippen molar-refractivity contribution in [2.75, 3.05) is 19.6 Å². The Morgan fingerprint density at radius 2 is 1.82 bits per heavy atom. The minimum absolute atomic E-state index is 0.0676. The lowest BCUT2D eigenvalue weighted by atomic mass is 9.95. The quantitative estimate of drug-likeness (QED) is 0.567. The third-order valence-corrected chi connectivity index (χ3v) is 6.27. The van der Waals surface area contributed by atoms with Gasteiger partial charge < -0.3 is 14.4 Å². The van der Waals surface area contributed by atoms with E-state index in [2.05, 4.69) is 9.97 Å². The first-order chi connectivity index (χ1) is 16.6. The molecule has 2 amide bonds. The number of amides is 2. The van der Waals surface area contributed by atoms with E-state index in [1.165, 1.54) is 0 Å². The molecule has 174 valence electrons. The number of likely N-dealkylation sites (tertiary alicyclic amines) is 1. The van der Waals surface area contributed by atoms with Crippen molar-refractivity contribution in [2.45, 2.75) is 31.4 Å². The van der Waals surface area contributed by atoms with Crippen LogP contribution in [0.4, 0.5) is 4.79 Å². The van der Waals surface area contributed by atoms with Gasteiger partial charge >= 0.3 is 12.1 Å². The normalized spacial score (nSPS) is 20.2. The number of hydrogen-bond donors (Lipinski definition) is 0. The molecule has 1 atom stereocenters. The summed E-state index contributed by atoms with van der Waals surface area (Å²) in [5.41, 5.74) is 1.07. The van der Waals surface area contributed by atoms with Gasteiger partial charge in [-0.3, -0.25) is 9.69 Å². The molecular weight excluding hydrogens is 432 g/mol. The van der Waals surface area contributed by atoms with Gasteiger partial charge in [0.15, 0.2) is 0 Å². The van der Waals surface area contributed by atoms with Crippen LogP contribution in [0.2, 0.25) is 0 Å². The predicted molar refractivity (Wildman–Crippen MR) is 124 cm³/mol. The lowest BCUT2D eigenvalue weighted by Crippen LogP contribution is -2.37. The number of nitrogens with zero attached hydrogens (tertiary/aromatic N) is 4. The molecule has 2 aliphatic rings. The van der Waals surface area contributed by atoms with Crippen LogP contribution < -0.4 is 4.74 Å². The molecule has 0 N–H and O–H groups in total. The van der Waals surface area contributed by atoms with Crippen molar-refractivity contribution in [3.05, 3.63) is 84.2 Å². The molecule has 8 nitrogen and oxygen atoms in total. The van der Waals surface area contributed by atoms with Crippen LogP contribution in [0.25, 0.3) is 0 Å². The second-order valence-electron chi connectivity index (χ2n) is 8.70. The van der Waals surface area contributed by atoms with Gasteiger partial charge in [-0.05, 0) is 42.7 Å². The van der Waals surface area contributed by atoms with Crippen molar-refractivity contribution >= 4 is 12.0 Å².